The van der Waals surface area contributed by atoms with Gasteiger partial charge in [0.15, 0.2) is 0 Å². The Labute approximate surface area is 132 Å². The highest BCUT2D eigenvalue weighted by Gasteiger charge is 2.20. The Kier molecular flexibility index (Phi) is 4.40. The molecule has 7 nitrogen and oxygen atoms in total. The molecule has 0 aliphatic carbocycles. The number of hydrogen-bond donors (Lipinski definition) is 2. The maximum atomic E-state index is 12.4. The lowest BCUT2D eigenvalue weighted by Gasteiger charge is -2.12. The van der Waals surface area contributed by atoms with Crippen LogP contribution < -0.4 is 11.1 Å². The average Bonchev–Trinajstić information content (AvgIpc) is 2.46. The maximum Gasteiger partial charge on any atom is 0.273 e. The van der Waals surface area contributed by atoms with E-state index in [-0.39, 0.29) is 28.1 Å². The van der Waals surface area contributed by atoms with Gasteiger partial charge in [0.25, 0.3) is 17.5 Å². The van der Waals surface area contributed by atoms with Crippen LogP contribution in [0.5, 0.6) is 0 Å². The highest BCUT2D eigenvalue weighted by Crippen LogP contribution is 2.24. The molecule has 0 saturated carbocycles. The first-order valence-electron chi connectivity index (χ1n) is 6.77. The van der Waals surface area contributed by atoms with Crippen molar-refractivity contribution in [3.05, 3.63) is 68.8 Å². The molecule has 0 aliphatic heterocycles. The summed E-state index contributed by atoms with van der Waals surface area (Å²) in [5.41, 5.74) is 6.73. The van der Waals surface area contributed by atoms with Gasteiger partial charge in [-0.05, 0) is 31.5 Å². The number of primary amides is 1. The van der Waals surface area contributed by atoms with Gasteiger partial charge in [-0.25, -0.2) is 0 Å². The Balaban J connectivity index is 2.42. The molecule has 2 aromatic carbocycles. The lowest BCUT2D eigenvalue weighted by atomic mass is 10.0. The van der Waals surface area contributed by atoms with E-state index < -0.39 is 16.7 Å². The fourth-order valence-corrected chi connectivity index (χ4v) is 2.36. The van der Waals surface area contributed by atoms with Gasteiger partial charge in [0.05, 0.1) is 16.2 Å². The van der Waals surface area contributed by atoms with Crippen LogP contribution in [0.1, 0.15) is 31.8 Å². The van der Waals surface area contributed by atoms with Crippen LogP contribution in [0.3, 0.4) is 0 Å². The van der Waals surface area contributed by atoms with Crippen molar-refractivity contribution in [1.82, 2.24) is 0 Å². The van der Waals surface area contributed by atoms with Gasteiger partial charge in [0.1, 0.15) is 0 Å². The predicted molar refractivity (Wildman–Crippen MR) is 85.5 cm³/mol. The first kappa shape index (κ1) is 16.2. The number of amides is 2. The molecule has 0 spiro atoms. The number of nitrogens with one attached hydrogen (secondary N) is 1. The number of nitrogens with zero attached hydrogens (tertiary/aromatic N) is 1. The zero-order valence-electron chi connectivity index (χ0n) is 12.6. The van der Waals surface area contributed by atoms with E-state index in [1.165, 1.54) is 25.1 Å². The van der Waals surface area contributed by atoms with Crippen LogP contribution in [0.2, 0.25) is 0 Å². The summed E-state index contributed by atoms with van der Waals surface area (Å²) in [5, 5.41) is 13.5. The third kappa shape index (κ3) is 3.18. The maximum absolute atomic E-state index is 12.4. The second kappa shape index (κ2) is 6.27. The van der Waals surface area contributed by atoms with Crippen molar-refractivity contribution in [2.24, 2.45) is 5.73 Å². The topological polar surface area (TPSA) is 115 Å². The van der Waals surface area contributed by atoms with E-state index >= 15 is 0 Å². The summed E-state index contributed by atoms with van der Waals surface area (Å²) >= 11 is 0. The zero-order valence-corrected chi connectivity index (χ0v) is 12.6. The van der Waals surface area contributed by atoms with Crippen LogP contribution in [-0.2, 0) is 0 Å². The lowest BCUT2D eigenvalue weighted by Crippen LogP contribution is -2.20. The Bertz CT molecular complexity index is 815. The summed E-state index contributed by atoms with van der Waals surface area (Å²) < 4.78 is 0. The average molecular weight is 313 g/mol. The highest BCUT2D eigenvalue weighted by atomic mass is 16.6. The van der Waals surface area contributed by atoms with Crippen LogP contribution >= 0.6 is 0 Å². The molecule has 2 aromatic rings. The van der Waals surface area contributed by atoms with E-state index in [0.29, 0.717) is 5.56 Å². The molecule has 0 aromatic heterocycles. The number of nitrogens with two attached hydrogens (primary N) is 1. The van der Waals surface area contributed by atoms with Crippen LogP contribution in [0.15, 0.2) is 36.4 Å². The van der Waals surface area contributed by atoms with Gasteiger partial charge in [-0.15, -0.1) is 0 Å². The minimum atomic E-state index is -0.658. The third-order valence-electron chi connectivity index (χ3n) is 3.51. The standard InChI is InChI=1S/C16H15N3O4/c1-9-5-3-7-12(14(9)15(17)20)18-16(21)11-6-4-8-13(10(11)2)19(22)23/h3-8H,1-2H3,(H2,17,20)(H,18,21). The second-order valence-corrected chi connectivity index (χ2v) is 5.02. The molecule has 0 aliphatic rings. The van der Waals surface area contributed by atoms with Crippen LogP contribution in [-0.4, -0.2) is 16.7 Å². The normalized spacial score (nSPS) is 10.2. The fourth-order valence-electron chi connectivity index (χ4n) is 2.36. The van der Waals surface area contributed by atoms with Crippen molar-refractivity contribution in [3.8, 4) is 0 Å². The highest BCUT2D eigenvalue weighted by molar-refractivity contribution is 6.10. The molecule has 0 heterocycles. The van der Waals surface area contributed by atoms with Crippen LogP contribution in [0, 0.1) is 24.0 Å². The van der Waals surface area contributed by atoms with Crippen molar-refractivity contribution in [2.75, 3.05) is 5.32 Å². The number of benzene rings is 2. The summed E-state index contributed by atoms with van der Waals surface area (Å²) in [6.45, 7) is 3.20. The van der Waals surface area contributed by atoms with Gasteiger partial charge in [-0.3, -0.25) is 19.7 Å². The molecule has 0 saturated heterocycles. The molecule has 2 rings (SSSR count). The van der Waals surface area contributed by atoms with Gasteiger partial charge < -0.3 is 11.1 Å². The van der Waals surface area contributed by atoms with Crippen molar-refractivity contribution < 1.29 is 14.5 Å². The molecule has 0 radical (unpaired) electrons. The van der Waals surface area contributed by atoms with Gasteiger partial charge in [-0.2, -0.15) is 0 Å². The van der Waals surface area contributed by atoms with Gasteiger partial charge in [0.2, 0.25) is 0 Å². The number of hydrogen-bond acceptors (Lipinski definition) is 4. The number of carbonyl (C=O) groups excluding carboxylic acids is 2. The summed E-state index contributed by atoms with van der Waals surface area (Å²) in [5.74, 6) is -1.20. The molecule has 0 unspecified atom stereocenters. The first-order chi connectivity index (χ1) is 10.8. The molecular weight excluding hydrogens is 298 g/mol. The molecule has 23 heavy (non-hydrogen) atoms. The van der Waals surface area contributed by atoms with Crippen molar-refractivity contribution >= 4 is 23.2 Å². The summed E-state index contributed by atoms with van der Waals surface area (Å²) in [7, 11) is 0. The SMILES string of the molecule is Cc1cccc(NC(=O)c2cccc([N+](=O)[O-])c2C)c1C(N)=O. The smallest absolute Gasteiger partial charge is 0.273 e. The Morgan fingerprint density at radius 3 is 2.39 bits per heavy atom. The van der Waals surface area contributed by atoms with E-state index in [2.05, 4.69) is 5.32 Å². The zero-order chi connectivity index (χ0) is 17.1. The Morgan fingerprint density at radius 2 is 1.78 bits per heavy atom. The molecule has 0 atom stereocenters. The van der Waals surface area contributed by atoms with E-state index in [1.807, 2.05) is 0 Å². The van der Waals surface area contributed by atoms with Gasteiger partial charge >= 0.3 is 0 Å². The Morgan fingerprint density at radius 1 is 1.13 bits per heavy atom. The van der Waals surface area contributed by atoms with Gasteiger partial charge in [0, 0.05) is 17.2 Å². The number of carbonyl (C=O) groups is 2. The number of nitro groups is 1. The lowest BCUT2D eigenvalue weighted by molar-refractivity contribution is -0.385. The van der Waals surface area contributed by atoms with E-state index in [1.54, 1.807) is 25.1 Å². The number of nitro benzene ring substituents is 1. The van der Waals surface area contributed by atoms with E-state index in [4.69, 9.17) is 5.73 Å². The summed E-state index contributed by atoms with van der Waals surface area (Å²) in [6.07, 6.45) is 0. The largest absolute Gasteiger partial charge is 0.366 e. The number of rotatable bonds is 4. The summed E-state index contributed by atoms with van der Waals surface area (Å²) in [6, 6.07) is 9.18. The van der Waals surface area contributed by atoms with E-state index in [0.717, 1.165) is 0 Å². The number of aryl methyl sites for hydroxylation is 1. The van der Waals surface area contributed by atoms with Gasteiger partial charge in [-0.1, -0.05) is 18.2 Å². The minimum Gasteiger partial charge on any atom is -0.366 e. The predicted octanol–water partition coefficient (Wildman–Crippen LogP) is 2.56. The molecule has 118 valence electrons. The third-order valence-corrected chi connectivity index (χ3v) is 3.51. The molecule has 0 fully saturated rings. The quantitative estimate of drug-likeness (QED) is 0.666. The second-order valence-electron chi connectivity index (χ2n) is 5.02. The number of anilines is 1. The fraction of sp³-hybridized carbons (Fsp3) is 0.125. The molecule has 7 heteroatoms. The Hall–Kier alpha value is -3.22. The first-order valence-corrected chi connectivity index (χ1v) is 6.77. The molecular formula is C16H15N3O4. The van der Waals surface area contributed by atoms with Crippen LogP contribution in [0.4, 0.5) is 11.4 Å². The minimum absolute atomic E-state index is 0.142. The molecule has 0 bridgehead atoms. The van der Waals surface area contributed by atoms with Crippen molar-refractivity contribution in [2.45, 2.75) is 13.8 Å². The van der Waals surface area contributed by atoms with Crippen LogP contribution in [0.25, 0.3) is 0 Å². The monoisotopic (exact) mass is 313 g/mol. The van der Waals surface area contributed by atoms with Crippen molar-refractivity contribution in [3.63, 3.8) is 0 Å². The van der Waals surface area contributed by atoms with E-state index in [9.17, 15) is 19.7 Å². The molecule has 3 N–H and O–H groups in total. The van der Waals surface area contributed by atoms with Crippen molar-refractivity contribution in [1.29, 1.82) is 0 Å². The molecule has 2 amide bonds. The summed E-state index contributed by atoms with van der Waals surface area (Å²) in [4.78, 5) is 34.4.